The molecule has 94 valence electrons. The summed E-state index contributed by atoms with van der Waals surface area (Å²) in [5.74, 6) is 0. The summed E-state index contributed by atoms with van der Waals surface area (Å²) in [6.45, 7) is 2.56. The van der Waals surface area contributed by atoms with E-state index in [9.17, 15) is 5.11 Å². The van der Waals surface area contributed by atoms with E-state index in [1.165, 1.54) is 0 Å². The van der Waals surface area contributed by atoms with Gasteiger partial charge in [-0.05, 0) is 24.6 Å². The molecule has 1 aromatic heterocycles. The molecule has 0 amide bonds. The van der Waals surface area contributed by atoms with Crippen LogP contribution in [0.2, 0.25) is 0 Å². The van der Waals surface area contributed by atoms with Gasteiger partial charge in [0, 0.05) is 37.2 Å². The Bertz CT molecular complexity index is 497. The summed E-state index contributed by atoms with van der Waals surface area (Å²) in [5.41, 5.74) is 3.15. The Morgan fingerprint density at radius 3 is 2.67 bits per heavy atom. The van der Waals surface area contributed by atoms with E-state index in [-0.39, 0.29) is 0 Å². The lowest BCUT2D eigenvalue weighted by atomic mass is 10.1. The Kier molecular flexibility index (Phi) is 3.95. The highest BCUT2D eigenvalue weighted by atomic mass is 16.3. The maximum atomic E-state index is 9.78. The van der Waals surface area contributed by atoms with Gasteiger partial charge < -0.3 is 10.0 Å². The Morgan fingerprint density at radius 2 is 2.00 bits per heavy atom. The van der Waals surface area contributed by atoms with E-state index in [0.717, 1.165) is 23.4 Å². The van der Waals surface area contributed by atoms with Gasteiger partial charge in [-0.25, -0.2) is 0 Å². The molecule has 1 N–H and O–H groups in total. The zero-order valence-electron chi connectivity index (χ0n) is 10.7. The number of hydrogen-bond acceptors (Lipinski definition) is 3. The normalized spacial score (nSPS) is 12.2. The molecule has 0 aliphatic heterocycles. The van der Waals surface area contributed by atoms with Gasteiger partial charge >= 0.3 is 0 Å². The van der Waals surface area contributed by atoms with Gasteiger partial charge in [0.15, 0.2) is 0 Å². The molecular formula is C15H18N2O. The molecular weight excluding hydrogens is 224 g/mol. The third-order valence-corrected chi connectivity index (χ3v) is 2.94. The Morgan fingerprint density at radius 1 is 1.22 bits per heavy atom. The van der Waals surface area contributed by atoms with E-state index in [1.54, 1.807) is 13.1 Å². The molecule has 0 bridgehead atoms. The molecule has 3 nitrogen and oxygen atoms in total. The first-order valence-electron chi connectivity index (χ1n) is 6.05. The van der Waals surface area contributed by atoms with Crippen molar-refractivity contribution in [2.24, 2.45) is 0 Å². The van der Waals surface area contributed by atoms with Crippen LogP contribution in [0.3, 0.4) is 0 Å². The second kappa shape index (κ2) is 5.65. The monoisotopic (exact) mass is 242 g/mol. The average Bonchev–Trinajstić information content (AvgIpc) is 2.40. The third kappa shape index (κ3) is 2.87. The maximum absolute atomic E-state index is 9.78. The molecule has 1 heterocycles. The quantitative estimate of drug-likeness (QED) is 0.895. The lowest BCUT2D eigenvalue weighted by molar-refractivity contribution is 0.199. The van der Waals surface area contributed by atoms with Gasteiger partial charge in [-0.1, -0.05) is 24.3 Å². The van der Waals surface area contributed by atoms with E-state index in [0.29, 0.717) is 0 Å². The van der Waals surface area contributed by atoms with Gasteiger partial charge in [-0.2, -0.15) is 0 Å². The summed E-state index contributed by atoms with van der Waals surface area (Å²) in [6, 6.07) is 11.9. The smallest absolute Gasteiger partial charge is 0.0781 e. The zero-order chi connectivity index (χ0) is 13.0. The number of nitrogens with zero attached hydrogens (tertiary/aromatic N) is 2. The topological polar surface area (TPSA) is 36.4 Å². The SMILES string of the molecule is C[C@@H](O)c1ccccc1N(C)Cc1cccnc1. The largest absolute Gasteiger partial charge is 0.389 e. The average molecular weight is 242 g/mol. The first kappa shape index (κ1) is 12.6. The molecule has 18 heavy (non-hydrogen) atoms. The minimum absolute atomic E-state index is 0.461. The molecule has 0 saturated carbocycles. The van der Waals surface area contributed by atoms with Crippen LogP contribution in [0.25, 0.3) is 0 Å². The summed E-state index contributed by atoms with van der Waals surface area (Å²) in [5, 5.41) is 9.78. The van der Waals surface area contributed by atoms with Crippen LogP contribution in [0.5, 0.6) is 0 Å². The number of aliphatic hydroxyl groups excluding tert-OH is 1. The van der Waals surface area contributed by atoms with Gasteiger partial charge in [0.2, 0.25) is 0 Å². The molecule has 0 radical (unpaired) electrons. The van der Waals surface area contributed by atoms with Crippen molar-refractivity contribution in [3.05, 3.63) is 59.9 Å². The molecule has 2 rings (SSSR count). The Labute approximate surface area is 108 Å². The van der Waals surface area contributed by atoms with Crippen molar-refractivity contribution in [2.45, 2.75) is 19.6 Å². The molecule has 0 unspecified atom stereocenters. The van der Waals surface area contributed by atoms with E-state index >= 15 is 0 Å². The van der Waals surface area contributed by atoms with Crippen LogP contribution in [0, 0.1) is 0 Å². The summed E-state index contributed by atoms with van der Waals surface area (Å²) in [4.78, 5) is 6.24. The number of pyridine rings is 1. The second-order valence-electron chi connectivity index (χ2n) is 4.45. The highest BCUT2D eigenvalue weighted by Crippen LogP contribution is 2.26. The van der Waals surface area contributed by atoms with E-state index in [1.807, 2.05) is 43.6 Å². The number of aliphatic hydroxyl groups is 1. The number of rotatable bonds is 4. The molecule has 1 aromatic carbocycles. The predicted octanol–water partition coefficient (Wildman–Crippen LogP) is 2.77. The van der Waals surface area contributed by atoms with Crippen LogP contribution in [0.4, 0.5) is 5.69 Å². The number of benzene rings is 1. The molecule has 2 aromatic rings. The summed E-state index contributed by atoms with van der Waals surface area (Å²) >= 11 is 0. The summed E-state index contributed by atoms with van der Waals surface area (Å²) in [7, 11) is 2.02. The lowest BCUT2D eigenvalue weighted by Crippen LogP contribution is -2.18. The van der Waals surface area contributed by atoms with Crippen LogP contribution < -0.4 is 4.90 Å². The molecule has 0 fully saturated rings. The number of para-hydroxylation sites is 1. The van der Waals surface area contributed by atoms with Crippen molar-refractivity contribution in [3.8, 4) is 0 Å². The van der Waals surface area contributed by atoms with Gasteiger partial charge in [-0.3, -0.25) is 4.98 Å². The fourth-order valence-electron chi connectivity index (χ4n) is 2.04. The van der Waals surface area contributed by atoms with E-state index in [4.69, 9.17) is 0 Å². The fourth-order valence-corrected chi connectivity index (χ4v) is 2.04. The van der Waals surface area contributed by atoms with Crippen molar-refractivity contribution in [3.63, 3.8) is 0 Å². The molecule has 1 atom stereocenters. The van der Waals surface area contributed by atoms with Crippen LogP contribution in [0.1, 0.15) is 24.2 Å². The first-order valence-corrected chi connectivity index (χ1v) is 6.05. The summed E-state index contributed by atoms with van der Waals surface area (Å²) in [6.07, 6.45) is 3.17. The van der Waals surface area contributed by atoms with Crippen LogP contribution in [-0.2, 0) is 6.54 Å². The Balaban J connectivity index is 2.21. The summed E-state index contributed by atoms with van der Waals surface area (Å²) < 4.78 is 0. The molecule has 0 spiro atoms. The van der Waals surface area contributed by atoms with Gasteiger partial charge in [-0.15, -0.1) is 0 Å². The van der Waals surface area contributed by atoms with E-state index < -0.39 is 6.10 Å². The second-order valence-corrected chi connectivity index (χ2v) is 4.45. The number of aromatic nitrogens is 1. The molecule has 0 saturated heterocycles. The van der Waals surface area contributed by atoms with E-state index in [2.05, 4.69) is 16.0 Å². The fraction of sp³-hybridized carbons (Fsp3) is 0.267. The zero-order valence-corrected chi connectivity index (χ0v) is 10.7. The van der Waals surface area contributed by atoms with Crippen molar-refractivity contribution in [1.29, 1.82) is 0 Å². The van der Waals surface area contributed by atoms with Crippen molar-refractivity contribution < 1.29 is 5.11 Å². The minimum atomic E-state index is -0.461. The third-order valence-electron chi connectivity index (χ3n) is 2.94. The lowest BCUT2D eigenvalue weighted by Gasteiger charge is -2.23. The maximum Gasteiger partial charge on any atom is 0.0781 e. The first-order chi connectivity index (χ1) is 8.68. The number of anilines is 1. The Hall–Kier alpha value is -1.87. The minimum Gasteiger partial charge on any atom is -0.389 e. The molecule has 0 aliphatic rings. The van der Waals surface area contributed by atoms with Crippen molar-refractivity contribution >= 4 is 5.69 Å². The number of hydrogen-bond donors (Lipinski definition) is 1. The van der Waals surface area contributed by atoms with Crippen LogP contribution in [0.15, 0.2) is 48.8 Å². The van der Waals surface area contributed by atoms with Gasteiger partial charge in [0.1, 0.15) is 0 Å². The standard InChI is InChI=1S/C15H18N2O/c1-12(18)14-7-3-4-8-15(14)17(2)11-13-6-5-9-16-10-13/h3-10,12,18H,11H2,1-2H3/t12-/m1/s1. The van der Waals surface area contributed by atoms with Crippen LogP contribution >= 0.6 is 0 Å². The molecule has 0 aliphatic carbocycles. The van der Waals surface area contributed by atoms with Crippen LogP contribution in [-0.4, -0.2) is 17.1 Å². The van der Waals surface area contributed by atoms with Gasteiger partial charge in [0.05, 0.1) is 6.10 Å². The van der Waals surface area contributed by atoms with Gasteiger partial charge in [0.25, 0.3) is 0 Å². The highest BCUT2D eigenvalue weighted by Gasteiger charge is 2.10. The molecule has 3 heteroatoms. The van der Waals surface area contributed by atoms with Crippen molar-refractivity contribution in [1.82, 2.24) is 4.98 Å². The predicted molar refractivity (Wildman–Crippen MR) is 73.4 cm³/mol. The van der Waals surface area contributed by atoms with Crippen molar-refractivity contribution in [2.75, 3.05) is 11.9 Å². The highest BCUT2D eigenvalue weighted by molar-refractivity contribution is 5.54.